The highest BCUT2D eigenvalue weighted by Gasteiger charge is 2.40. The highest BCUT2D eigenvalue weighted by Crippen LogP contribution is 2.35. The smallest absolute Gasteiger partial charge is 0.340 e. The fraction of sp³-hybridized carbons (Fsp3) is 0.471. The first-order valence-electron chi connectivity index (χ1n) is 7.71. The van der Waals surface area contributed by atoms with Gasteiger partial charge in [0, 0.05) is 42.0 Å². The number of H-pyrrole nitrogens is 1. The van der Waals surface area contributed by atoms with Crippen LogP contribution >= 0.6 is 0 Å². The molecule has 0 radical (unpaired) electrons. The molecule has 3 atom stereocenters. The predicted octanol–water partition coefficient (Wildman–Crippen LogP) is 2.95. The van der Waals surface area contributed by atoms with Gasteiger partial charge in [0.25, 0.3) is 0 Å². The molecule has 2 aromatic rings. The molecule has 0 saturated carbocycles. The maximum Gasteiger partial charge on any atom is 0.340 e. The normalized spacial score (nSPS) is 28.9. The molecule has 2 aliphatic heterocycles. The van der Waals surface area contributed by atoms with E-state index < -0.39 is 0 Å². The summed E-state index contributed by atoms with van der Waals surface area (Å²) in [6.07, 6.45) is 6.25. The monoisotopic (exact) mass is 284 g/mol. The largest absolute Gasteiger partial charge is 0.459 e. The lowest BCUT2D eigenvalue weighted by Gasteiger charge is -2.35. The molecule has 3 heterocycles. The number of esters is 1. The Morgan fingerprint density at radius 3 is 2.71 bits per heavy atom. The molecule has 2 unspecified atom stereocenters. The molecule has 1 aromatic heterocycles. The summed E-state index contributed by atoms with van der Waals surface area (Å²) in [5.74, 6) is -0.193. The fourth-order valence-electron chi connectivity index (χ4n) is 3.91. The summed E-state index contributed by atoms with van der Waals surface area (Å²) in [6, 6.07) is 9.02. The number of para-hydroxylation sites is 1. The summed E-state index contributed by atoms with van der Waals surface area (Å²) in [7, 11) is 2.19. The molecule has 1 N–H and O–H groups in total. The molecular formula is C17H20N2O2. The number of carbonyl (C=O) groups is 1. The molecular weight excluding hydrogens is 264 g/mol. The zero-order valence-electron chi connectivity index (χ0n) is 12.2. The van der Waals surface area contributed by atoms with Gasteiger partial charge >= 0.3 is 5.97 Å². The van der Waals surface area contributed by atoms with Crippen LogP contribution in [0.2, 0.25) is 0 Å². The van der Waals surface area contributed by atoms with E-state index in [-0.39, 0.29) is 12.1 Å². The molecule has 0 spiro atoms. The van der Waals surface area contributed by atoms with Crippen LogP contribution in [-0.4, -0.2) is 41.1 Å². The minimum Gasteiger partial charge on any atom is -0.459 e. The van der Waals surface area contributed by atoms with E-state index >= 15 is 0 Å². The first-order chi connectivity index (χ1) is 10.2. The third-order valence-electron chi connectivity index (χ3n) is 5.14. The number of carbonyl (C=O) groups excluding carboxylic acids is 1. The third-order valence-corrected chi connectivity index (χ3v) is 5.14. The number of piperidine rings is 1. The molecule has 1 aromatic carbocycles. The first kappa shape index (κ1) is 12.9. The average molecular weight is 284 g/mol. The van der Waals surface area contributed by atoms with Gasteiger partial charge in [-0.1, -0.05) is 18.2 Å². The van der Waals surface area contributed by atoms with E-state index in [4.69, 9.17) is 4.74 Å². The Morgan fingerprint density at radius 1 is 1.24 bits per heavy atom. The second-order valence-electron chi connectivity index (χ2n) is 6.30. The van der Waals surface area contributed by atoms with Crippen molar-refractivity contribution in [2.24, 2.45) is 0 Å². The van der Waals surface area contributed by atoms with E-state index in [0.717, 1.165) is 23.7 Å². The predicted molar refractivity (Wildman–Crippen MR) is 81.3 cm³/mol. The summed E-state index contributed by atoms with van der Waals surface area (Å²) in [5, 5.41) is 0.943. The Morgan fingerprint density at radius 2 is 1.95 bits per heavy atom. The number of aromatic nitrogens is 1. The van der Waals surface area contributed by atoms with Crippen molar-refractivity contribution in [3.05, 3.63) is 36.0 Å². The second kappa shape index (κ2) is 4.88. The lowest BCUT2D eigenvalue weighted by Crippen LogP contribution is -2.43. The molecule has 110 valence electrons. The van der Waals surface area contributed by atoms with Crippen LogP contribution in [0.5, 0.6) is 0 Å². The van der Waals surface area contributed by atoms with Gasteiger partial charge in [0.15, 0.2) is 0 Å². The quantitative estimate of drug-likeness (QED) is 0.862. The summed E-state index contributed by atoms with van der Waals surface area (Å²) in [4.78, 5) is 18.0. The van der Waals surface area contributed by atoms with Crippen LogP contribution in [0.25, 0.3) is 10.9 Å². The van der Waals surface area contributed by atoms with Crippen LogP contribution in [0.15, 0.2) is 30.5 Å². The third kappa shape index (κ3) is 2.14. The van der Waals surface area contributed by atoms with E-state index in [1.165, 1.54) is 12.8 Å². The number of fused-ring (bicyclic) bond motifs is 3. The minimum absolute atomic E-state index is 0.0693. The van der Waals surface area contributed by atoms with Crippen molar-refractivity contribution in [3.63, 3.8) is 0 Å². The van der Waals surface area contributed by atoms with Crippen molar-refractivity contribution in [2.75, 3.05) is 7.05 Å². The zero-order valence-corrected chi connectivity index (χ0v) is 12.2. The number of aromatic amines is 1. The van der Waals surface area contributed by atoms with E-state index in [9.17, 15) is 4.79 Å². The van der Waals surface area contributed by atoms with Crippen molar-refractivity contribution in [3.8, 4) is 0 Å². The lowest BCUT2D eigenvalue weighted by molar-refractivity contribution is -0.000258. The van der Waals surface area contributed by atoms with Crippen LogP contribution < -0.4 is 0 Å². The van der Waals surface area contributed by atoms with E-state index in [1.807, 2.05) is 24.3 Å². The maximum atomic E-state index is 12.4. The van der Waals surface area contributed by atoms with E-state index in [0.29, 0.717) is 17.6 Å². The van der Waals surface area contributed by atoms with E-state index in [1.54, 1.807) is 6.20 Å². The molecule has 0 amide bonds. The Labute approximate surface area is 124 Å². The maximum absolute atomic E-state index is 12.4. The first-order valence-corrected chi connectivity index (χ1v) is 7.71. The van der Waals surface area contributed by atoms with Gasteiger partial charge in [0.05, 0.1) is 5.56 Å². The van der Waals surface area contributed by atoms with Crippen LogP contribution in [0.3, 0.4) is 0 Å². The highest BCUT2D eigenvalue weighted by atomic mass is 16.5. The van der Waals surface area contributed by atoms with Crippen LogP contribution in [0, 0.1) is 0 Å². The minimum atomic E-state index is -0.193. The number of nitrogens with zero attached hydrogens (tertiary/aromatic N) is 1. The molecule has 4 nitrogen and oxygen atoms in total. The average Bonchev–Trinajstić information content (AvgIpc) is 2.98. The van der Waals surface area contributed by atoms with Gasteiger partial charge in [-0.15, -0.1) is 0 Å². The number of ether oxygens (including phenoxy) is 1. The van der Waals surface area contributed by atoms with Gasteiger partial charge in [0.2, 0.25) is 0 Å². The molecule has 2 saturated heterocycles. The molecule has 4 rings (SSSR count). The SMILES string of the molecule is CN1C2CC[C@@H]1CC(OC(=O)c1c[nH]c3ccccc13)C2. The summed E-state index contributed by atoms with van der Waals surface area (Å²) >= 11 is 0. The molecule has 2 bridgehead atoms. The Kier molecular flexibility index (Phi) is 3.00. The van der Waals surface area contributed by atoms with E-state index in [2.05, 4.69) is 16.9 Å². The Balaban J connectivity index is 1.51. The Bertz CT molecular complexity index is 664. The zero-order chi connectivity index (χ0) is 14.4. The molecule has 0 aliphatic carbocycles. The van der Waals surface area contributed by atoms with Gasteiger partial charge in [0.1, 0.15) is 6.10 Å². The van der Waals surface area contributed by atoms with Crippen molar-refractivity contribution >= 4 is 16.9 Å². The van der Waals surface area contributed by atoms with Crippen LogP contribution in [-0.2, 0) is 4.74 Å². The lowest BCUT2D eigenvalue weighted by atomic mass is 10.0. The van der Waals surface area contributed by atoms with Crippen LogP contribution in [0.1, 0.15) is 36.0 Å². The molecule has 2 fully saturated rings. The second-order valence-corrected chi connectivity index (χ2v) is 6.30. The molecule has 2 aliphatic rings. The van der Waals surface area contributed by atoms with Crippen LogP contribution in [0.4, 0.5) is 0 Å². The highest BCUT2D eigenvalue weighted by molar-refractivity contribution is 6.04. The fourth-order valence-corrected chi connectivity index (χ4v) is 3.91. The van der Waals surface area contributed by atoms with Crippen molar-refractivity contribution < 1.29 is 9.53 Å². The van der Waals surface area contributed by atoms with Gasteiger partial charge in [-0.3, -0.25) is 0 Å². The summed E-state index contributed by atoms with van der Waals surface area (Å²) < 4.78 is 5.79. The summed E-state index contributed by atoms with van der Waals surface area (Å²) in [6.45, 7) is 0. The van der Waals surface area contributed by atoms with Gasteiger partial charge in [-0.25, -0.2) is 4.79 Å². The number of rotatable bonds is 2. The number of hydrogen-bond donors (Lipinski definition) is 1. The van der Waals surface area contributed by atoms with Crippen molar-refractivity contribution in [2.45, 2.75) is 43.9 Å². The van der Waals surface area contributed by atoms with Gasteiger partial charge in [-0.05, 0) is 26.0 Å². The van der Waals surface area contributed by atoms with Gasteiger partial charge in [-0.2, -0.15) is 0 Å². The standard InChI is InChI=1S/C17H20N2O2/c1-19-11-6-7-12(19)9-13(8-11)21-17(20)15-10-18-16-5-3-2-4-14(15)16/h2-5,10-13,18H,6-9H2,1H3/t11-,12?,13?/m1/s1. The van der Waals surface area contributed by atoms with Crippen molar-refractivity contribution in [1.29, 1.82) is 0 Å². The number of hydrogen-bond acceptors (Lipinski definition) is 3. The number of benzene rings is 1. The number of nitrogens with one attached hydrogen (secondary N) is 1. The summed E-state index contributed by atoms with van der Waals surface area (Å²) in [5.41, 5.74) is 1.63. The van der Waals surface area contributed by atoms with Gasteiger partial charge < -0.3 is 14.6 Å². The Hall–Kier alpha value is -1.81. The molecule has 21 heavy (non-hydrogen) atoms. The topological polar surface area (TPSA) is 45.3 Å². The van der Waals surface area contributed by atoms with Crippen molar-refractivity contribution in [1.82, 2.24) is 9.88 Å². The molecule has 4 heteroatoms.